The van der Waals surface area contributed by atoms with Gasteiger partial charge in [-0.3, -0.25) is 0 Å². The monoisotopic (exact) mass is 314 g/mol. The second kappa shape index (κ2) is 6.64. The normalized spacial score (nSPS) is 16.5. The Balaban J connectivity index is 2.16. The topological polar surface area (TPSA) is 70.1 Å². The van der Waals surface area contributed by atoms with E-state index in [4.69, 9.17) is 4.74 Å². The van der Waals surface area contributed by atoms with Crippen LogP contribution in [0.5, 0.6) is 11.5 Å². The fraction of sp³-hybridized carbons (Fsp3) is 0.571. The standard InChI is InChI=1S/C14H22N2O4S/c1-15(10-11-16-8-3-4-9-16)21(18,19)14-12(17)6-5-7-13(14)20-2/h5-7,17H,3-4,8-11H2,1-2H3. The first-order valence-corrected chi connectivity index (χ1v) is 8.45. The number of nitrogens with zero attached hydrogens (tertiary/aromatic N) is 2. The molecule has 118 valence electrons. The molecule has 1 aromatic rings. The van der Waals surface area contributed by atoms with Crippen molar-refractivity contribution in [2.24, 2.45) is 0 Å². The first kappa shape index (κ1) is 16.1. The van der Waals surface area contributed by atoms with Gasteiger partial charge in [0.2, 0.25) is 10.0 Å². The van der Waals surface area contributed by atoms with Crippen LogP contribution in [0.2, 0.25) is 0 Å². The number of phenols is 1. The molecule has 2 rings (SSSR count). The van der Waals surface area contributed by atoms with Crippen LogP contribution in [0, 0.1) is 0 Å². The molecule has 0 aliphatic carbocycles. The molecule has 0 radical (unpaired) electrons. The van der Waals surface area contributed by atoms with Crippen LogP contribution in [0.4, 0.5) is 0 Å². The average molecular weight is 314 g/mol. The summed E-state index contributed by atoms with van der Waals surface area (Å²) in [6.45, 7) is 3.13. The molecule has 0 amide bonds. The smallest absolute Gasteiger partial charge is 0.250 e. The second-order valence-corrected chi connectivity index (χ2v) is 7.17. The number of rotatable bonds is 6. The van der Waals surface area contributed by atoms with E-state index in [9.17, 15) is 13.5 Å². The van der Waals surface area contributed by atoms with Crippen LogP contribution in [0.1, 0.15) is 12.8 Å². The zero-order valence-corrected chi connectivity index (χ0v) is 13.3. The molecule has 0 bridgehead atoms. The lowest BCUT2D eigenvalue weighted by Gasteiger charge is -2.22. The third-order valence-corrected chi connectivity index (χ3v) is 5.71. The summed E-state index contributed by atoms with van der Waals surface area (Å²) < 4.78 is 31.5. The lowest BCUT2D eigenvalue weighted by molar-refractivity contribution is 0.308. The van der Waals surface area contributed by atoms with E-state index in [1.807, 2.05) is 0 Å². The number of hydrogen-bond donors (Lipinski definition) is 1. The molecule has 21 heavy (non-hydrogen) atoms. The van der Waals surface area contributed by atoms with Gasteiger partial charge in [0, 0.05) is 20.1 Å². The van der Waals surface area contributed by atoms with Crippen LogP contribution < -0.4 is 4.74 Å². The molecule has 1 aromatic carbocycles. The first-order valence-electron chi connectivity index (χ1n) is 7.01. The number of methoxy groups -OCH3 is 1. The molecule has 1 fully saturated rings. The molecule has 7 heteroatoms. The van der Waals surface area contributed by atoms with Gasteiger partial charge in [-0.2, -0.15) is 4.31 Å². The van der Waals surface area contributed by atoms with Crippen molar-refractivity contribution >= 4 is 10.0 Å². The first-order chi connectivity index (χ1) is 9.96. The number of likely N-dealkylation sites (tertiary alicyclic amines) is 1. The van der Waals surface area contributed by atoms with Crippen LogP contribution in [-0.4, -0.2) is 63.1 Å². The summed E-state index contributed by atoms with van der Waals surface area (Å²) in [7, 11) is -0.860. The van der Waals surface area contributed by atoms with Crippen LogP contribution in [-0.2, 0) is 10.0 Å². The fourth-order valence-electron chi connectivity index (χ4n) is 2.49. The maximum absolute atomic E-state index is 12.6. The van der Waals surface area contributed by atoms with Gasteiger partial charge in [-0.1, -0.05) is 6.07 Å². The van der Waals surface area contributed by atoms with Crippen molar-refractivity contribution in [3.8, 4) is 11.5 Å². The van der Waals surface area contributed by atoms with E-state index in [1.54, 1.807) is 6.07 Å². The summed E-state index contributed by atoms with van der Waals surface area (Å²) in [5.41, 5.74) is 0. The highest BCUT2D eigenvalue weighted by molar-refractivity contribution is 7.89. The minimum Gasteiger partial charge on any atom is -0.506 e. The van der Waals surface area contributed by atoms with Gasteiger partial charge in [-0.05, 0) is 38.1 Å². The predicted octanol–water partition coefficient (Wildman–Crippen LogP) is 1.12. The quantitative estimate of drug-likeness (QED) is 0.852. The minimum absolute atomic E-state index is 0.156. The van der Waals surface area contributed by atoms with E-state index in [0.29, 0.717) is 13.1 Å². The molecular weight excluding hydrogens is 292 g/mol. The summed E-state index contributed by atoms with van der Waals surface area (Å²) >= 11 is 0. The Morgan fingerprint density at radius 1 is 1.33 bits per heavy atom. The summed E-state index contributed by atoms with van der Waals surface area (Å²) in [6, 6.07) is 4.43. The third-order valence-electron chi connectivity index (χ3n) is 3.78. The Morgan fingerprint density at radius 3 is 2.62 bits per heavy atom. The molecule has 0 unspecified atom stereocenters. The summed E-state index contributed by atoms with van der Waals surface area (Å²) in [6.07, 6.45) is 2.34. The lowest BCUT2D eigenvalue weighted by atomic mass is 10.3. The molecule has 0 aromatic heterocycles. The van der Waals surface area contributed by atoms with Crippen molar-refractivity contribution in [3.05, 3.63) is 18.2 Å². The number of benzene rings is 1. The van der Waals surface area contributed by atoms with Gasteiger partial charge in [-0.25, -0.2) is 8.42 Å². The molecule has 0 spiro atoms. The van der Waals surface area contributed by atoms with Gasteiger partial charge in [0.15, 0.2) is 4.90 Å². The van der Waals surface area contributed by atoms with Gasteiger partial charge in [0.05, 0.1) is 7.11 Å². The molecule has 1 saturated heterocycles. The van der Waals surface area contributed by atoms with E-state index in [1.165, 1.54) is 43.4 Å². The Morgan fingerprint density at radius 2 is 2.00 bits per heavy atom. The SMILES string of the molecule is COc1cccc(O)c1S(=O)(=O)N(C)CCN1CCCC1. The Hall–Kier alpha value is -1.31. The van der Waals surface area contributed by atoms with Gasteiger partial charge in [-0.15, -0.1) is 0 Å². The van der Waals surface area contributed by atoms with Crippen LogP contribution in [0.3, 0.4) is 0 Å². The van der Waals surface area contributed by atoms with Crippen LogP contribution in [0.25, 0.3) is 0 Å². The second-order valence-electron chi connectivity index (χ2n) is 5.18. The zero-order valence-electron chi connectivity index (χ0n) is 12.4. The van der Waals surface area contributed by atoms with E-state index in [-0.39, 0.29) is 16.4 Å². The number of aromatic hydroxyl groups is 1. The molecule has 1 heterocycles. The van der Waals surface area contributed by atoms with Gasteiger partial charge >= 0.3 is 0 Å². The zero-order chi connectivity index (χ0) is 15.5. The predicted molar refractivity (Wildman–Crippen MR) is 80.1 cm³/mol. The van der Waals surface area contributed by atoms with E-state index < -0.39 is 10.0 Å². The van der Waals surface area contributed by atoms with Gasteiger partial charge in [0.1, 0.15) is 11.5 Å². The van der Waals surface area contributed by atoms with Crippen molar-refractivity contribution in [2.75, 3.05) is 40.3 Å². The molecule has 1 N–H and O–H groups in total. The number of likely N-dealkylation sites (N-methyl/N-ethyl adjacent to an activating group) is 1. The van der Waals surface area contributed by atoms with Crippen molar-refractivity contribution in [3.63, 3.8) is 0 Å². The fourth-order valence-corrected chi connectivity index (χ4v) is 3.86. The highest BCUT2D eigenvalue weighted by Crippen LogP contribution is 2.33. The maximum Gasteiger partial charge on any atom is 0.250 e. The van der Waals surface area contributed by atoms with Crippen LogP contribution >= 0.6 is 0 Å². The number of sulfonamides is 1. The summed E-state index contributed by atoms with van der Waals surface area (Å²) in [4.78, 5) is 2.07. The van der Waals surface area contributed by atoms with Crippen molar-refractivity contribution in [2.45, 2.75) is 17.7 Å². The van der Waals surface area contributed by atoms with Crippen molar-refractivity contribution in [1.29, 1.82) is 0 Å². The summed E-state index contributed by atoms with van der Waals surface area (Å²) in [5.74, 6) is -0.134. The van der Waals surface area contributed by atoms with Crippen molar-refractivity contribution < 1.29 is 18.3 Å². The number of ether oxygens (including phenoxy) is 1. The largest absolute Gasteiger partial charge is 0.506 e. The van der Waals surface area contributed by atoms with Gasteiger partial charge < -0.3 is 14.7 Å². The molecule has 0 atom stereocenters. The van der Waals surface area contributed by atoms with Crippen molar-refractivity contribution in [1.82, 2.24) is 9.21 Å². The summed E-state index contributed by atoms with van der Waals surface area (Å²) in [5, 5.41) is 9.89. The number of phenolic OH excluding ortho intramolecular Hbond substituents is 1. The van der Waals surface area contributed by atoms with Crippen LogP contribution in [0.15, 0.2) is 23.1 Å². The minimum atomic E-state index is -3.77. The Labute approximate surface area is 126 Å². The third kappa shape index (κ3) is 3.48. The Bertz CT molecular complexity index is 583. The maximum atomic E-state index is 12.6. The molecule has 0 saturated carbocycles. The lowest BCUT2D eigenvalue weighted by Crippen LogP contribution is -2.35. The highest BCUT2D eigenvalue weighted by Gasteiger charge is 2.28. The Kier molecular flexibility index (Phi) is 5.08. The molecule has 1 aliphatic heterocycles. The van der Waals surface area contributed by atoms with E-state index in [2.05, 4.69) is 4.90 Å². The van der Waals surface area contributed by atoms with E-state index >= 15 is 0 Å². The van der Waals surface area contributed by atoms with Gasteiger partial charge in [0.25, 0.3) is 0 Å². The molecular formula is C14H22N2O4S. The average Bonchev–Trinajstić information content (AvgIpc) is 2.97. The highest BCUT2D eigenvalue weighted by atomic mass is 32.2. The molecule has 6 nitrogen and oxygen atoms in total. The van der Waals surface area contributed by atoms with E-state index in [0.717, 1.165) is 13.1 Å². The molecule has 1 aliphatic rings. The number of hydrogen-bond acceptors (Lipinski definition) is 5.